The molecule has 0 unspecified atom stereocenters. The summed E-state index contributed by atoms with van der Waals surface area (Å²) in [6.07, 6.45) is 0. The van der Waals surface area contributed by atoms with Crippen molar-refractivity contribution < 1.29 is 4.79 Å². The number of H-pyrrole nitrogens is 1. The lowest BCUT2D eigenvalue weighted by Crippen LogP contribution is -2.14. The van der Waals surface area contributed by atoms with Crippen molar-refractivity contribution in [3.8, 4) is 0 Å². The number of nitrogens with one attached hydrogen (secondary N) is 3. The first-order valence-corrected chi connectivity index (χ1v) is 6.63. The van der Waals surface area contributed by atoms with Crippen LogP contribution in [0.4, 0.5) is 11.5 Å². The van der Waals surface area contributed by atoms with Crippen molar-refractivity contribution in [1.82, 2.24) is 15.2 Å². The van der Waals surface area contributed by atoms with Crippen molar-refractivity contribution in [2.45, 2.75) is 20.8 Å². The molecule has 0 saturated carbocycles. The molecule has 0 fully saturated rings. The average Bonchev–Trinajstić information content (AvgIpc) is 2.70. The van der Waals surface area contributed by atoms with Crippen LogP contribution in [0.5, 0.6) is 0 Å². The van der Waals surface area contributed by atoms with Gasteiger partial charge in [-0.3, -0.25) is 9.89 Å². The Morgan fingerprint density at radius 3 is 2.75 bits per heavy atom. The number of pyridine rings is 1. The van der Waals surface area contributed by atoms with Gasteiger partial charge in [-0.2, -0.15) is 5.10 Å². The minimum atomic E-state index is -0.249. The molecule has 2 aromatic rings. The lowest BCUT2D eigenvalue weighted by Gasteiger charge is -2.08. The highest BCUT2D eigenvalue weighted by Gasteiger charge is 2.13. The van der Waals surface area contributed by atoms with E-state index in [0.29, 0.717) is 23.6 Å². The van der Waals surface area contributed by atoms with E-state index in [2.05, 4.69) is 25.8 Å². The maximum absolute atomic E-state index is 12.3. The molecule has 0 atom stereocenters. The van der Waals surface area contributed by atoms with Crippen LogP contribution in [-0.4, -0.2) is 27.6 Å². The van der Waals surface area contributed by atoms with Crippen LogP contribution < -0.4 is 10.6 Å². The topological polar surface area (TPSA) is 82.7 Å². The monoisotopic (exact) mass is 293 g/mol. The Balaban J connectivity index is 2.25. The van der Waals surface area contributed by atoms with Crippen molar-refractivity contribution >= 4 is 29.0 Å². The predicted octanol–water partition coefficient (Wildman–Crippen LogP) is 2.76. The van der Waals surface area contributed by atoms with Crippen LogP contribution in [0.1, 0.15) is 28.7 Å². The van der Waals surface area contributed by atoms with Gasteiger partial charge >= 0.3 is 0 Å². The first kappa shape index (κ1) is 14.3. The Morgan fingerprint density at radius 2 is 2.15 bits per heavy atom. The van der Waals surface area contributed by atoms with E-state index in [-0.39, 0.29) is 11.1 Å². The molecule has 3 N–H and O–H groups in total. The number of hydrogen-bond donors (Lipinski definition) is 3. The van der Waals surface area contributed by atoms with Crippen molar-refractivity contribution in [1.29, 1.82) is 0 Å². The second kappa shape index (κ2) is 5.92. The molecule has 0 aliphatic rings. The minimum absolute atomic E-state index is 0.249. The highest BCUT2D eigenvalue weighted by molar-refractivity contribution is 6.30. The van der Waals surface area contributed by atoms with E-state index in [1.54, 1.807) is 6.07 Å². The van der Waals surface area contributed by atoms with Crippen LogP contribution in [0.25, 0.3) is 0 Å². The highest BCUT2D eigenvalue weighted by atomic mass is 35.5. The van der Waals surface area contributed by atoms with Crippen LogP contribution in [-0.2, 0) is 0 Å². The second-order valence-electron chi connectivity index (χ2n) is 4.36. The molecule has 0 radical (unpaired) electrons. The molecule has 0 aliphatic carbocycles. The van der Waals surface area contributed by atoms with Gasteiger partial charge in [-0.25, -0.2) is 4.98 Å². The molecule has 2 rings (SSSR count). The lowest BCUT2D eigenvalue weighted by molar-refractivity contribution is 0.102. The van der Waals surface area contributed by atoms with E-state index < -0.39 is 0 Å². The molecule has 2 heterocycles. The molecule has 2 aromatic heterocycles. The van der Waals surface area contributed by atoms with Gasteiger partial charge in [-0.15, -0.1) is 0 Å². The summed E-state index contributed by atoms with van der Waals surface area (Å²) in [7, 11) is 0. The lowest BCUT2D eigenvalue weighted by atomic mass is 10.2. The van der Waals surface area contributed by atoms with Crippen molar-refractivity contribution in [2.75, 3.05) is 17.2 Å². The predicted molar refractivity (Wildman–Crippen MR) is 79.4 cm³/mol. The summed E-state index contributed by atoms with van der Waals surface area (Å²) < 4.78 is 0. The second-order valence-corrected chi connectivity index (χ2v) is 4.74. The summed E-state index contributed by atoms with van der Waals surface area (Å²) in [6, 6.07) is 3.19. The summed E-state index contributed by atoms with van der Waals surface area (Å²) in [6.45, 7) is 6.32. The Kier molecular flexibility index (Phi) is 4.24. The Bertz CT molecular complexity index is 618. The molecular formula is C13H16ClN5O. The zero-order valence-corrected chi connectivity index (χ0v) is 12.3. The van der Waals surface area contributed by atoms with Crippen LogP contribution in [0.15, 0.2) is 12.1 Å². The Hall–Kier alpha value is -2.08. The van der Waals surface area contributed by atoms with Crippen molar-refractivity contribution in [3.63, 3.8) is 0 Å². The Labute approximate surface area is 121 Å². The maximum atomic E-state index is 12.3. The van der Waals surface area contributed by atoms with Gasteiger partial charge in [0.1, 0.15) is 11.0 Å². The number of aromatic nitrogens is 3. The van der Waals surface area contributed by atoms with Gasteiger partial charge in [-0.05, 0) is 32.9 Å². The number of anilines is 2. The maximum Gasteiger partial charge on any atom is 0.256 e. The van der Waals surface area contributed by atoms with Crippen LogP contribution >= 0.6 is 11.6 Å². The first-order valence-electron chi connectivity index (χ1n) is 6.25. The van der Waals surface area contributed by atoms with E-state index in [0.717, 1.165) is 11.4 Å². The fraction of sp³-hybridized carbons (Fsp3) is 0.308. The van der Waals surface area contributed by atoms with E-state index in [1.807, 2.05) is 20.8 Å². The van der Waals surface area contributed by atoms with Crippen molar-refractivity contribution in [2.24, 2.45) is 0 Å². The van der Waals surface area contributed by atoms with Gasteiger partial charge < -0.3 is 10.6 Å². The van der Waals surface area contributed by atoms with Gasteiger partial charge in [-0.1, -0.05) is 11.6 Å². The fourth-order valence-corrected chi connectivity index (χ4v) is 2.03. The number of aromatic amines is 1. The van der Waals surface area contributed by atoms with E-state index >= 15 is 0 Å². The first-order chi connectivity index (χ1) is 9.51. The normalized spacial score (nSPS) is 10.4. The molecule has 0 saturated heterocycles. The summed E-state index contributed by atoms with van der Waals surface area (Å²) in [4.78, 5) is 16.4. The number of rotatable bonds is 4. The van der Waals surface area contributed by atoms with Crippen LogP contribution in [0.2, 0.25) is 5.15 Å². The summed E-state index contributed by atoms with van der Waals surface area (Å²) in [5, 5.41) is 13.0. The van der Waals surface area contributed by atoms with Crippen molar-refractivity contribution in [3.05, 3.63) is 34.2 Å². The van der Waals surface area contributed by atoms with Gasteiger partial charge in [0.25, 0.3) is 5.91 Å². The third-order valence-electron chi connectivity index (χ3n) is 2.78. The van der Waals surface area contributed by atoms with E-state index in [1.165, 1.54) is 6.07 Å². The number of aryl methyl sites for hydroxylation is 2. The van der Waals surface area contributed by atoms with E-state index in [4.69, 9.17) is 11.6 Å². The third kappa shape index (κ3) is 3.08. The SMILES string of the molecule is CCNc1cc(C(=O)Nc2c(C)n[nH]c2C)cc(Cl)n1. The van der Waals surface area contributed by atoms with Gasteiger partial charge in [0.2, 0.25) is 0 Å². The zero-order chi connectivity index (χ0) is 14.7. The molecule has 1 amide bonds. The number of halogens is 1. The van der Waals surface area contributed by atoms with Crippen LogP contribution in [0.3, 0.4) is 0 Å². The molecule has 0 aliphatic heterocycles. The number of carbonyl (C=O) groups excluding carboxylic acids is 1. The summed E-state index contributed by atoms with van der Waals surface area (Å²) in [5.41, 5.74) is 2.68. The smallest absolute Gasteiger partial charge is 0.256 e. The molecular weight excluding hydrogens is 278 g/mol. The van der Waals surface area contributed by atoms with E-state index in [9.17, 15) is 4.79 Å². The number of carbonyl (C=O) groups is 1. The fourth-order valence-electron chi connectivity index (χ4n) is 1.82. The Morgan fingerprint density at radius 1 is 1.40 bits per heavy atom. The van der Waals surface area contributed by atoms with Gasteiger partial charge in [0.05, 0.1) is 17.1 Å². The molecule has 106 valence electrons. The molecule has 0 bridgehead atoms. The standard InChI is InChI=1S/C13H16ClN5O/c1-4-15-11-6-9(5-10(14)16-11)13(20)17-12-7(2)18-19-8(12)3/h5-6H,4H2,1-3H3,(H,15,16)(H,17,20)(H,18,19). The zero-order valence-electron chi connectivity index (χ0n) is 11.5. The molecule has 7 heteroatoms. The number of hydrogen-bond acceptors (Lipinski definition) is 4. The average molecular weight is 294 g/mol. The minimum Gasteiger partial charge on any atom is -0.370 e. The summed E-state index contributed by atoms with van der Waals surface area (Å²) >= 11 is 5.92. The third-order valence-corrected chi connectivity index (χ3v) is 2.97. The summed E-state index contributed by atoms with van der Waals surface area (Å²) in [5.74, 6) is 0.326. The molecule has 0 aromatic carbocycles. The quantitative estimate of drug-likeness (QED) is 0.757. The molecule has 20 heavy (non-hydrogen) atoms. The molecule has 6 nitrogen and oxygen atoms in total. The van der Waals surface area contributed by atoms with Crippen LogP contribution in [0, 0.1) is 13.8 Å². The number of amides is 1. The van der Waals surface area contributed by atoms with Gasteiger partial charge in [0, 0.05) is 12.1 Å². The number of nitrogens with zero attached hydrogens (tertiary/aromatic N) is 2. The molecule has 0 spiro atoms. The van der Waals surface area contributed by atoms with Gasteiger partial charge in [0.15, 0.2) is 0 Å². The highest BCUT2D eigenvalue weighted by Crippen LogP contribution is 2.19. The largest absolute Gasteiger partial charge is 0.370 e.